The molecule has 0 spiro atoms. The van der Waals surface area contributed by atoms with E-state index in [0.717, 1.165) is 17.5 Å². The number of fused-ring (bicyclic) bond motifs is 1. The van der Waals surface area contributed by atoms with Gasteiger partial charge in [-0.25, -0.2) is 0 Å². The van der Waals surface area contributed by atoms with Crippen molar-refractivity contribution in [1.82, 2.24) is 0 Å². The van der Waals surface area contributed by atoms with Crippen molar-refractivity contribution in [2.75, 3.05) is 7.11 Å². The number of rotatable bonds is 3. The van der Waals surface area contributed by atoms with Crippen LogP contribution in [0.15, 0.2) is 18.2 Å². The number of methoxy groups -OCH3 is 1. The number of carbonyl (C=O) groups is 1. The topological polar surface area (TPSA) is 46.5 Å². The molecular formula is C16H22O3. The molecular weight excluding hydrogens is 240 g/mol. The van der Waals surface area contributed by atoms with Crippen LogP contribution in [-0.2, 0) is 21.6 Å². The van der Waals surface area contributed by atoms with Crippen LogP contribution in [0.4, 0.5) is 0 Å². The van der Waals surface area contributed by atoms with E-state index in [9.17, 15) is 9.90 Å². The molecule has 0 heterocycles. The standard InChI is InChI=1S/C16H22O3/c1-6-11-7-8-13-12(9-11)10(2)16(13,18)15(3,4)14(17)19-5/h7-10,18H,6H2,1-5H3. The number of ether oxygens (including phenoxy) is 1. The van der Waals surface area contributed by atoms with Gasteiger partial charge in [0.1, 0.15) is 5.60 Å². The molecule has 0 fully saturated rings. The molecule has 2 unspecified atom stereocenters. The smallest absolute Gasteiger partial charge is 0.314 e. The monoisotopic (exact) mass is 262 g/mol. The first kappa shape index (κ1) is 14.1. The summed E-state index contributed by atoms with van der Waals surface area (Å²) in [7, 11) is 1.36. The Morgan fingerprint density at radius 1 is 1.47 bits per heavy atom. The molecule has 2 rings (SSSR count). The zero-order valence-electron chi connectivity index (χ0n) is 12.3. The van der Waals surface area contributed by atoms with Crippen LogP contribution in [0.25, 0.3) is 0 Å². The average Bonchev–Trinajstić information content (AvgIpc) is 2.43. The molecule has 0 radical (unpaired) electrons. The Morgan fingerprint density at radius 3 is 2.63 bits per heavy atom. The molecule has 1 aliphatic rings. The van der Waals surface area contributed by atoms with E-state index in [0.29, 0.717) is 0 Å². The van der Waals surface area contributed by atoms with Gasteiger partial charge in [0.05, 0.1) is 12.5 Å². The maximum absolute atomic E-state index is 12.0. The molecule has 104 valence electrons. The number of hydrogen-bond donors (Lipinski definition) is 1. The number of hydrogen-bond acceptors (Lipinski definition) is 3. The Hall–Kier alpha value is -1.35. The van der Waals surface area contributed by atoms with Crippen LogP contribution in [0.5, 0.6) is 0 Å². The summed E-state index contributed by atoms with van der Waals surface area (Å²) in [5.74, 6) is -0.449. The first-order chi connectivity index (χ1) is 8.80. The highest BCUT2D eigenvalue weighted by molar-refractivity contribution is 5.79. The normalized spacial score (nSPS) is 25.5. The van der Waals surface area contributed by atoms with Crippen LogP contribution in [-0.4, -0.2) is 18.2 Å². The van der Waals surface area contributed by atoms with E-state index in [1.165, 1.54) is 12.7 Å². The highest BCUT2D eigenvalue weighted by atomic mass is 16.5. The molecule has 1 N–H and O–H groups in total. The zero-order chi connectivity index (χ0) is 14.4. The van der Waals surface area contributed by atoms with E-state index in [-0.39, 0.29) is 11.9 Å². The molecule has 1 aromatic rings. The average molecular weight is 262 g/mol. The van der Waals surface area contributed by atoms with Crippen molar-refractivity contribution in [3.05, 3.63) is 34.9 Å². The Kier molecular flexibility index (Phi) is 3.21. The van der Waals surface area contributed by atoms with E-state index in [1.54, 1.807) is 13.8 Å². The molecule has 0 aliphatic heterocycles. The molecule has 0 amide bonds. The lowest BCUT2D eigenvalue weighted by Crippen LogP contribution is -2.56. The first-order valence-electron chi connectivity index (χ1n) is 6.74. The number of benzene rings is 1. The van der Waals surface area contributed by atoms with Gasteiger partial charge < -0.3 is 9.84 Å². The van der Waals surface area contributed by atoms with Gasteiger partial charge in [-0.1, -0.05) is 32.0 Å². The molecule has 0 bridgehead atoms. The van der Waals surface area contributed by atoms with Gasteiger partial charge in [-0.2, -0.15) is 0 Å². The fraction of sp³-hybridized carbons (Fsp3) is 0.562. The largest absolute Gasteiger partial charge is 0.469 e. The van der Waals surface area contributed by atoms with Crippen molar-refractivity contribution < 1.29 is 14.6 Å². The fourth-order valence-electron chi connectivity index (χ4n) is 3.21. The second-order valence-electron chi connectivity index (χ2n) is 5.88. The van der Waals surface area contributed by atoms with Gasteiger partial charge in [-0.3, -0.25) is 4.79 Å². The number of aliphatic hydroxyl groups is 1. The number of carbonyl (C=O) groups excluding carboxylic acids is 1. The summed E-state index contributed by atoms with van der Waals surface area (Å²) >= 11 is 0. The van der Waals surface area contributed by atoms with Gasteiger partial charge in [0.25, 0.3) is 0 Å². The maximum Gasteiger partial charge on any atom is 0.314 e. The molecule has 0 saturated carbocycles. The van der Waals surface area contributed by atoms with Gasteiger partial charge in [-0.05, 0) is 37.0 Å². The Balaban J connectivity index is 2.49. The van der Waals surface area contributed by atoms with Crippen LogP contribution in [0.3, 0.4) is 0 Å². The van der Waals surface area contributed by atoms with Crippen molar-refractivity contribution in [1.29, 1.82) is 0 Å². The predicted molar refractivity (Wildman–Crippen MR) is 73.9 cm³/mol. The van der Waals surface area contributed by atoms with E-state index in [1.807, 2.05) is 19.1 Å². The molecule has 0 aromatic heterocycles. The summed E-state index contributed by atoms with van der Waals surface area (Å²) < 4.78 is 4.85. The van der Waals surface area contributed by atoms with Gasteiger partial charge in [0.2, 0.25) is 0 Å². The number of esters is 1. The van der Waals surface area contributed by atoms with Crippen LogP contribution in [0.1, 0.15) is 50.3 Å². The Bertz CT molecular complexity index is 519. The van der Waals surface area contributed by atoms with Crippen LogP contribution >= 0.6 is 0 Å². The van der Waals surface area contributed by atoms with Crippen LogP contribution in [0.2, 0.25) is 0 Å². The Labute approximate surface area is 114 Å². The van der Waals surface area contributed by atoms with Gasteiger partial charge >= 0.3 is 5.97 Å². The minimum Gasteiger partial charge on any atom is -0.469 e. The third kappa shape index (κ3) is 1.64. The molecule has 1 aliphatic carbocycles. The Morgan fingerprint density at radius 2 is 2.11 bits per heavy atom. The van der Waals surface area contributed by atoms with Crippen molar-refractivity contribution in [3.63, 3.8) is 0 Å². The summed E-state index contributed by atoms with van der Waals surface area (Å²) in [4.78, 5) is 12.0. The predicted octanol–water partition coefficient (Wildman–Crippen LogP) is 2.75. The van der Waals surface area contributed by atoms with Crippen molar-refractivity contribution in [3.8, 4) is 0 Å². The number of aryl methyl sites for hydroxylation is 1. The third-order valence-electron chi connectivity index (χ3n) is 4.68. The lowest BCUT2D eigenvalue weighted by atomic mass is 9.54. The molecule has 19 heavy (non-hydrogen) atoms. The maximum atomic E-state index is 12.0. The van der Waals surface area contributed by atoms with E-state index >= 15 is 0 Å². The second kappa shape index (κ2) is 4.34. The third-order valence-corrected chi connectivity index (χ3v) is 4.68. The van der Waals surface area contributed by atoms with Crippen molar-refractivity contribution in [2.24, 2.45) is 5.41 Å². The van der Waals surface area contributed by atoms with Gasteiger partial charge in [-0.15, -0.1) is 0 Å². The van der Waals surface area contributed by atoms with Gasteiger partial charge in [0.15, 0.2) is 0 Å². The van der Waals surface area contributed by atoms with Crippen molar-refractivity contribution in [2.45, 2.75) is 45.6 Å². The summed E-state index contributed by atoms with van der Waals surface area (Å²) in [6.07, 6.45) is 0.971. The minimum atomic E-state index is -1.15. The minimum absolute atomic E-state index is 0.0666. The van der Waals surface area contributed by atoms with E-state index in [4.69, 9.17) is 4.74 Å². The summed E-state index contributed by atoms with van der Waals surface area (Å²) in [6, 6.07) is 6.09. The summed E-state index contributed by atoms with van der Waals surface area (Å²) in [6.45, 7) is 7.56. The molecule has 0 saturated heterocycles. The van der Waals surface area contributed by atoms with Crippen LogP contribution in [0, 0.1) is 5.41 Å². The van der Waals surface area contributed by atoms with Crippen molar-refractivity contribution >= 4 is 5.97 Å². The van der Waals surface area contributed by atoms with E-state index in [2.05, 4.69) is 13.0 Å². The highest BCUT2D eigenvalue weighted by Crippen LogP contribution is 2.59. The SMILES string of the molecule is CCc1ccc2c(c1)C(C)C2(O)C(C)(C)C(=O)OC. The van der Waals surface area contributed by atoms with E-state index < -0.39 is 11.0 Å². The summed E-state index contributed by atoms with van der Waals surface area (Å²) in [5, 5.41) is 11.0. The summed E-state index contributed by atoms with van der Waals surface area (Å²) in [5.41, 5.74) is 1.14. The first-order valence-corrected chi connectivity index (χ1v) is 6.74. The quantitative estimate of drug-likeness (QED) is 0.852. The van der Waals surface area contributed by atoms with Crippen LogP contribution < -0.4 is 0 Å². The molecule has 3 heteroatoms. The molecule has 1 aromatic carbocycles. The molecule has 2 atom stereocenters. The lowest BCUT2D eigenvalue weighted by Gasteiger charge is -2.53. The fourth-order valence-corrected chi connectivity index (χ4v) is 3.21. The zero-order valence-corrected chi connectivity index (χ0v) is 12.3. The van der Waals surface area contributed by atoms with Gasteiger partial charge in [0, 0.05) is 5.92 Å². The lowest BCUT2D eigenvalue weighted by molar-refractivity contribution is -0.178. The highest BCUT2D eigenvalue weighted by Gasteiger charge is 2.61. The second-order valence-corrected chi connectivity index (χ2v) is 5.88. The molecule has 3 nitrogen and oxygen atoms in total.